The summed E-state index contributed by atoms with van der Waals surface area (Å²) in [5.74, 6) is -1.06. The van der Waals surface area contributed by atoms with Crippen LogP contribution in [0.5, 0.6) is 0 Å². The van der Waals surface area contributed by atoms with E-state index in [1.165, 1.54) is 19.4 Å². The van der Waals surface area contributed by atoms with Gasteiger partial charge < -0.3 is 15.5 Å². The van der Waals surface area contributed by atoms with Crippen LogP contribution in [-0.2, 0) is 25.6 Å². The molecule has 33 heavy (non-hydrogen) atoms. The highest BCUT2D eigenvalue weighted by atomic mass is 16.2. The Morgan fingerprint density at radius 1 is 0.970 bits per heavy atom. The molecule has 1 aliphatic rings. The van der Waals surface area contributed by atoms with E-state index in [1.54, 1.807) is 4.90 Å². The minimum absolute atomic E-state index is 0.0427. The number of carbonyl (C=O) groups excluding carboxylic acids is 4. The van der Waals surface area contributed by atoms with Gasteiger partial charge in [0.25, 0.3) is 0 Å². The summed E-state index contributed by atoms with van der Waals surface area (Å²) in [6, 6.07) is 18.4. The van der Waals surface area contributed by atoms with E-state index in [-0.39, 0.29) is 24.1 Å². The lowest BCUT2D eigenvalue weighted by atomic mass is 10.0. The van der Waals surface area contributed by atoms with Crippen LogP contribution in [0.2, 0.25) is 0 Å². The smallest absolute Gasteiger partial charge is 0.246 e. The number of benzene rings is 2. The van der Waals surface area contributed by atoms with Gasteiger partial charge in [-0.25, -0.2) is 0 Å². The monoisotopic (exact) mass is 451 g/mol. The Bertz CT molecular complexity index is 931. The van der Waals surface area contributed by atoms with Crippen molar-refractivity contribution in [1.29, 1.82) is 0 Å². The molecule has 0 saturated carbocycles. The summed E-state index contributed by atoms with van der Waals surface area (Å²) < 4.78 is 0. The Morgan fingerprint density at radius 2 is 1.58 bits per heavy atom. The molecule has 1 unspecified atom stereocenters. The molecule has 1 saturated heterocycles. The van der Waals surface area contributed by atoms with Crippen LogP contribution < -0.4 is 10.6 Å². The van der Waals surface area contributed by atoms with Gasteiger partial charge in [0.2, 0.25) is 17.7 Å². The Morgan fingerprint density at radius 3 is 2.09 bits per heavy atom. The highest BCUT2D eigenvalue weighted by molar-refractivity contribution is 5.93. The first-order chi connectivity index (χ1) is 15.8. The van der Waals surface area contributed by atoms with Crippen LogP contribution in [0.3, 0.4) is 0 Å². The van der Waals surface area contributed by atoms with Crippen molar-refractivity contribution in [2.24, 2.45) is 0 Å². The molecule has 7 heteroatoms. The lowest BCUT2D eigenvalue weighted by Crippen LogP contribution is -2.53. The van der Waals surface area contributed by atoms with E-state index in [9.17, 15) is 19.2 Å². The Kier molecular flexibility index (Phi) is 10.3. The molecule has 2 N–H and O–H groups in total. The lowest BCUT2D eigenvalue weighted by Gasteiger charge is -2.28. The molecule has 2 aromatic rings. The van der Waals surface area contributed by atoms with Gasteiger partial charge in [-0.2, -0.15) is 0 Å². The Balaban J connectivity index is 0.000000468. The van der Waals surface area contributed by atoms with E-state index in [0.717, 1.165) is 12.0 Å². The number of ketones is 1. The maximum atomic E-state index is 13.0. The fourth-order valence-corrected chi connectivity index (χ4v) is 3.69. The number of aryl methyl sites for hydroxylation is 1. The molecule has 3 rings (SSSR count). The fourth-order valence-electron chi connectivity index (χ4n) is 3.69. The van der Waals surface area contributed by atoms with Crippen LogP contribution in [0.15, 0.2) is 60.7 Å². The van der Waals surface area contributed by atoms with Crippen LogP contribution in [0.1, 0.15) is 37.8 Å². The first-order valence-corrected chi connectivity index (χ1v) is 11.2. The van der Waals surface area contributed by atoms with E-state index < -0.39 is 18.0 Å². The third-order valence-electron chi connectivity index (χ3n) is 5.36. The molecule has 0 radical (unpaired) electrons. The maximum Gasteiger partial charge on any atom is 0.246 e. The van der Waals surface area contributed by atoms with Crippen molar-refractivity contribution in [2.45, 2.75) is 52.1 Å². The van der Waals surface area contributed by atoms with Gasteiger partial charge in [-0.15, -0.1) is 0 Å². The Hall–Kier alpha value is -3.48. The molecular formula is C26H33N3O4. The van der Waals surface area contributed by atoms with Gasteiger partial charge in [-0.05, 0) is 32.3 Å². The van der Waals surface area contributed by atoms with Crippen LogP contribution in [-0.4, -0.2) is 53.6 Å². The summed E-state index contributed by atoms with van der Waals surface area (Å²) >= 11 is 0. The SMILES string of the molecule is CC(=O)NCC(=O)N[C@@H](Cc1ccccc1)C(=O)N1CCCC1C(C)=O.Cc1ccccc1. The molecule has 0 spiro atoms. The minimum atomic E-state index is -0.779. The highest BCUT2D eigenvalue weighted by Gasteiger charge is 2.36. The number of carbonyl (C=O) groups is 4. The molecule has 0 aromatic heterocycles. The van der Waals surface area contributed by atoms with E-state index in [4.69, 9.17) is 0 Å². The summed E-state index contributed by atoms with van der Waals surface area (Å²) in [6.45, 7) is 5.21. The molecule has 3 amide bonds. The number of rotatable bonds is 7. The molecule has 2 aromatic carbocycles. The fraction of sp³-hybridized carbons (Fsp3) is 0.385. The van der Waals surface area contributed by atoms with Crippen molar-refractivity contribution < 1.29 is 19.2 Å². The molecular weight excluding hydrogens is 418 g/mol. The van der Waals surface area contributed by atoms with E-state index in [1.807, 2.05) is 48.5 Å². The maximum absolute atomic E-state index is 13.0. The summed E-state index contributed by atoms with van der Waals surface area (Å²) in [5, 5.41) is 5.12. The van der Waals surface area contributed by atoms with Crippen molar-refractivity contribution in [3.05, 3.63) is 71.8 Å². The van der Waals surface area contributed by atoms with Crippen LogP contribution in [0.25, 0.3) is 0 Å². The number of likely N-dealkylation sites (tertiary alicyclic amines) is 1. The van der Waals surface area contributed by atoms with E-state index >= 15 is 0 Å². The topological polar surface area (TPSA) is 95.6 Å². The molecule has 0 bridgehead atoms. The second-order valence-electron chi connectivity index (χ2n) is 8.17. The van der Waals surface area contributed by atoms with Crippen LogP contribution in [0.4, 0.5) is 0 Å². The molecule has 7 nitrogen and oxygen atoms in total. The number of Topliss-reactive ketones (excluding diaryl/α,β-unsaturated/α-hetero) is 1. The zero-order valence-electron chi connectivity index (χ0n) is 19.5. The normalized spacial score (nSPS) is 15.6. The van der Waals surface area contributed by atoms with Crippen LogP contribution in [0, 0.1) is 6.92 Å². The first-order valence-electron chi connectivity index (χ1n) is 11.2. The molecule has 1 aliphatic heterocycles. The van der Waals surface area contributed by atoms with Crippen molar-refractivity contribution in [2.75, 3.05) is 13.1 Å². The zero-order chi connectivity index (χ0) is 24.2. The number of hydrogen-bond acceptors (Lipinski definition) is 4. The van der Waals surface area contributed by atoms with Crippen molar-refractivity contribution in [3.8, 4) is 0 Å². The summed E-state index contributed by atoms with van der Waals surface area (Å²) in [4.78, 5) is 49.5. The van der Waals surface area contributed by atoms with E-state index in [2.05, 4.69) is 29.7 Å². The highest BCUT2D eigenvalue weighted by Crippen LogP contribution is 2.20. The van der Waals surface area contributed by atoms with Gasteiger partial charge in [0.15, 0.2) is 5.78 Å². The second kappa shape index (κ2) is 13.2. The van der Waals surface area contributed by atoms with Gasteiger partial charge in [0.1, 0.15) is 6.04 Å². The average molecular weight is 452 g/mol. The van der Waals surface area contributed by atoms with Gasteiger partial charge in [0.05, 0.1) is 12.6 Å². The summed E-state index contributed by atoms with van der Waals surface area (Å²) in [7, 11) is 0. The quantitative estimate of drug-likeness (QED) is 0.676. The van der Waals surface area contributed by atoms with Gasteiger partial charge in [-0.1, -0.05) is 66.2 Å². The molecule has 0 aliphatic carbocycles. The number of nitrogens with zero attached hydrogens (tertiary/aromatic N) is 1. The third-order valence-corrected chi connectivity index (χ3v) is 5.36. The third kappa shape index (κ3) is 8.88. The summed E-state index contributed by atoms with van der Waals surface area (Å²) in [6.07, 6.45) is 1.75. The zero-order valence-corrected chi connectivity index (χ0v) is 19.5. The van der Waals surface area contributed by atoms with Crippen molar-refractivity contribution in [1.82, 2.24) is 15.5 Å². The predicted molar refractivity (Wildman–Crippen MR) is 127 cm³/mol. The minimum Gasteiger partial charge on any atom is -0.347 e. The van der Waals surface area contributed by atoms with Gasteiger partial charge in [-0.3, -0.25) is 19.2 Å². The van der Waals surface area contributed by atoms with Crippen molar-refractivity contribution >= 4 is 23.5 Å². The van der Waals surface area contributed by atoms with Gasteiger partial charge >= 0.3 is 0 Å². The van der Waals surface area contributed by atoms with Crippen molar-refractivity contribution in [3.63, 3.8) is 0 Å². The predicted octanol–water partition coefficient (Wildman–Crippen LogP) is 2.43. The number of amides is 3. The largest absolute Gasteiger partial charge is 0.347 e. The van der Waals surface area contributed by atoms with Gasteiger partial charge in [0, 0.05) is 19.9 Å². The first kappa shape index (κ1) is 25.8. The summed E-state index contributed by atoms with van der Waals surface area (Å²) in [5.41, 5.74) is 2.23. The number of nitrogens with one attached hydrogen (secondary N) is 2. The lowest BCUT2D eigenvalue weighted by molar-refractivity contribution is -0.140. The molecule has 2 atom stereocenters. The molecule has 1 heterocycles. The van der Waals surface area contributed by atoms with Crippen LogP contribution >= 0.6 is 0 Å². The Labute approximate surface area is 195 Å². The standard InChI is InChI=1S/C19H25N3O4.C7H8/c1-13(23)17-9-6-10-22(17)19(26)16(11-15-7-4-3-5-8-15)21-18(25)12-20-14(2)24;1-7-5-3-2-4-6-7/h3-5,7-8,16-17H,6,9-12H2,1-2H3,(H,20,24)(H,21,25);2-6H,1H3/t16-,17?;/m0./s1. The van der Waals surface area contributed by atoms with E-state index in [0.29, 0.717) is 19.4 Å². The molecule has 1 fully saturated rings. The average Bonchev–Trinajstić information content (AvgIpc) is 3.29. The second-order valence-corrected chi connectivity index (χ2v) is 8.17. The molecule has 176 valence electrons. The number of hydrogen-bond donors (Lipinski definition) is 2.